The third-order valence-corrected chi connectivity index (χ3v) is 3.22. The van der Waals surface area contributed by atoms with Gasteiger partial charge in [-0.3, -0.25) is 0 Å². The van der Waals surface area contributed by atoms with Gasteiger partial charge in [-0.25, -0.2) is 0 Å². The van der Waals surface area contributed by atoms with E-state index in [1.54, 1.807) is 0 Å². The molecule has 1 aliphatic rings. The lowest BCUT2D eigenvalue weighted by Crippen LogP contribution is -2.29. The van der Waals surface area contributed by atoms with Crippen molar-refractivity contribution in [3.63, 3.8) is 0 Å². The minimum Gasteiger partial charge on any atom is -0.0622 e. The van der Waals surface area contributed by atoms with E-state index in [9.17, 15) is 0 Å². The van der Waals surface area contributed by atoms with Crippen molar-refractivity contribution in [1.29, 1.82) is 0 Å². The molecule has 0 radical (unpaired) electrons. The first-order chi connectivity index (χ1) is 5.02. The van der Waals surface area contributed by atoms with Crippen LogP contribution in [0.25, 0.3) is 0 Å². The highest BCUT2D eigenvalue weighted by Crippen LogP contribution is 2.41. The molecule has 1 aliphatic carbocycles. The van der Waals surface area contributed by atoms with Crippen LogP contribution in [0.5, 0.6) is 0 Å². The van der Waals surface area contributed by atoms with Gasteiger partial charge in [0.15, 0.2) is 0 Å². The summed E-state index contributed by atoms with van der Waals surface area (Å²) >= 11 is 0. The average Bonchev–Trinajstić information content (AvgIpc) is 1.86. The summed E-state index contributed by atoms with van der Waals surface area (Å²) in [7, 11) is 0. The molecule has 0 heterocycles. The number of rotatable bonds is 0. The first kappa shape index (κ1) is 9.09. The fourth-order valence-corrected chi connectivity index (χ4v) is 2.60. The van der Waals surface area contributed by atoms with Crippen LogP contribution in [0, 0.1) is 17.3 Å². The smallest absolute Gasteiger partial charge is 0.0340 e. The Morgan fingerprint density at radius 2 is 1.55 bits per heavy atom. The molecule has 66 valence electrons. The van der Waals surface area contributed by atoms with Crippen molar-refractivity contribution in [3.05, 3.63) is 0 Å². The molecule has 0 aromatic heterocycles. The normalized spacial score (nSPS) is 33.8. The summed E-state index contributed by atoms with van der Waals surface area (Å²) in [5.41, 5.74) is 0.542. The maximum absolute atomic E-state index is 2.43. The van der Waals surface area contributed by atoms with E-state index in [2.05, 4.69) is 27.7 Å². The van der Waals surface area contributed by atoms with E-state index in [4.69, 9.17) is 0 Å². The highest BCUT2D eigenvalue weighted by Gasteiger charge is 2.30. The Morgan fingerprint density at radius 1 is 1.00 bits per heavy atom. The molecule has 2 atom stereocenters. The summed E-state index contributed by atoms with van der Waals surface area (Å²) < 4.78 is 0. The standard InChI is InChI=1S/C11H22/c1-9-7-5-6-8-10(9)11(2,3)4/h9-10H,5-8H2,1-4H3/t9-,10?/m1/s1. The van der Waals surface area contributed by atoms with E-state index < -0.39 is 0 Å². The van der Waals surface area contributed by atoms with Crippen molar-refractivity contribution in [2.24, 2.45) is 17.3 Å². The van der Waals surface area contributed by atoms with Crippen LogP contribution < -0.4 is 0 Å². The molecule has 1 saturated carbocycles. The topological polar surface area (TPSA) is 0 Å². The maximum Gasteiger partial charge on any atom is -0.0340 e. The van der Waals surface area contributed by atoms with E-state index in [0.29, 0.717) is 5.41 Å². The molecular formula is C11H22. The van der Waals surface area contributed by atoms with Gasteiger partial charge in [-0.1, -0.05) is 47.0 Å². The van der Waals surface area contributed by atoms with Gasteiger partial charge < -0.3 is 0 Å². The summed E-state index contributed by atoms with van der Waals surface area (Å²) in [5.74, 6) is 1.93. The molecule has 0 saturated heterocycles. The first-order valence-electron chi connectivity index (χ1n) is 5.02. The summed E-state index contributed by atoms with van der Waals surface area (Å²) in [6.45, 7) is 9.59. The molecule has 0 aromatic rings. The SMILES string of the molecule is C[C@@H]1CCCCC1C(C)(C)C. The van der Waals surface area contributed by atoms with Crippen molar-refractivity contribution >= 4 is 0 Å². The molecule has 0 nitrogen and oxygen atoms in total. The van der Waals surface area contributed by atoms with Gasteiger partial charge in [0.1, 0.15) is 0 Å². The van der Waals surface area contributed by atoms with Crippen molar-refractivity contribution in [3.8, 4) is 0 Å². The Labute approximate surface area is 71.4 Å². The summed E-state index contributed by atoms with van der Waals surface area (Å²) in [5, 5.41) is 0. The van der Waals surface area contributed by atoms with Crippen LogP contribution >= 0.6 is 0 Å². The molecule has 0 bridgehead atoms. The van der Waals surface area contributed by atoms with Gasteiger partial charge in [-0.05, 0) is 23.7 Å². The van der Waals surface area contributed by atoms with Crippen LogP contribution in [0.3, 0.4) is 0 Å². The molecule has 0 N–H and O–H groups in total. The molecule has 0 amide bonds. The number of hydrogen-bond acceptors (Lipinski definition) is 0. The lowest BCUT2D eigenvalue weighted by atomic mass is 9.67. The molecule has 11 heavy (non-hydrogen) atoms. The van der Waals surface area contributed by atoms with Gasteiger partial charge in [0, 0.05) is 0 Å². The predicted molar refractivity (Wildman–Crippen MR) is 50.6 cm³/mol. The van der Waals surface area contributed by atoms with Crippen LogP contribution in [-0.2, 0) is 0 Å². The third kappa shape index (κ3) is 2.21. The molecule has 0 spiro atoms. The van der Waals surface area contributed by atoms with Crippen LogP contribution in [0.15, 0.2) is 0 Å². The van der Waals surface area contributed by atoms with Crippen molar-refractivity contribution in [2.45, 2.75) is 53.4 Å². The quantitative estimate of drug-likeness (QED) is 0.497. The molecular weight excluding hydrogens is 132 g/mol. The Balaban J connectivity index is 2.55. The lowest BCUT2D eigenvalue weighted by molar-refractivity contribution is 0.119. The fourth-order valence-electron chi connectivity index (χ4n) is 2.60. The van der Waals surface area contributed by atoms with E-state index >= 15 is 0 Å². The molecule has 0 aliphatic heterocycles. The van der Waals surface area contributed by atoms with E-state index in [1.807, 2.05) is 0 Å². The van der Waals surface area contributed by atoms with Gasteiger partial charge in [-0.2, -0.15) is 0 Å². The zero-order valence-corrected chi connectivity index (χ0v) is 8.48. The Morgan fingerprint density at radius 3 is 1.91 bits per heavy atom. The monoisotopic (exact) mass is 154 g/mol. The summed E-state index contributed by atoms with van der Waals surface area (Å²) in [6.07, 6.45) is 5.85. The van der Waals surface area contributed by atoms with Gasteiger partial charge in [0.25, 0.3) is 0 Å². The second-order valence-corrected chi connectivity index (χ2v) is 5.23. The van der Waals surface area contributed by atoms with E-state index in [-0.39, 0.29) is 0 Å². The van der Waals surface area contributed by atoms with Crippen LogP contribution in [0.2, 0.25) is 0 Å². The second kappa shape index (κ2) is 3.16. The van der Waals surface area contributed by atoms with Crippen molar-refractivity contribution in [2.75, 3.05) is 0 Å². The van der Waals surface area contributed by atoms with Gasteiger partial charge in [-0.15, -0.1) is 0 Å². The van der Waals surface area contributed by atoms with Crippen molar-refractivity contribution < 1.29 is 0 Å². The minimum absolute atomic E-state index is 0.542. The van der Waals surface area contributed by atoms with Gasteiger partial charge in [0.05, 0.1) is 0 Å². The third-order valence-electron chi connectivity index (χ3n) is 3.22. The Bertz CT molecular complexity index is 118. The molecule has 1 rings (SSSR count). The highest BCUT2D eigenvalue weighted by atomic mass is 14.4. The predicted octanol–water partition coefficient (Wildman–Crippen LogP) is 3.86. The minimum atomic E-state index is 0.542. The van der Waals surface area contributed by atoms with Crippen LogP contribution in [-0.4, -0.2) is 0 Å². The highest BCUT2D eigenvalue weighted by molar-refractivity contribution is 4.81. The zero-order valence-electron chi connectivity index (χ0n) is 8.48. The van der Waals surface area contributed by atoms with Gasteiger partial charge >= 0.3 is 0 Å². The number of hydrogen-bond donors (Lipinski definition) is 0. The fraction of sp³-hybridized carbons (Fsp3) is 1.00. The van der Waals surface area contributed by atoms with E-state index in [1.165, 1.54) is 25.7 Å². The maximum atomic E-state index is 2.43. The Hall–Kier alpha value is 0. The average molecular weight is 154 g/mol. The molecule has 1 fully saturated rings. The summed E-state index contributed by atoms with van der Waals surface area (Å²) in [6, 6.07) is 0. The molecule has 1 unspecified atom stereocenters. The second-order valence-electron chi connectivity index (χ2n) is 5.23. The molecule has 0 aromatic carbocycles. The van der Waals surface area contributed by atoms with Crippen molar-refractivity contribution in [1.82, 2.24) is 0 Å². The van der Waals surface area contributed by atoms with Gasteiger partial charge in [0.2, 0.25) is 0 Å². The summed E-state index contributed by atoms with van der Waals surface area (Å²) in [4.78, 5) is 0. The molecule has 0 heteroatoms. The van der Waals surface area contributed by atoms with Crippen LogP contribution in [0.1, 0.15) is 53.4 Å². The zero-order chi connectivity index (χ0) is 8.48. The van der Waals surface area contributed by atoms with E-state index in [0.717, 1.165) is 11.8 Å². The lowest BCUT2D eigenvalue weighted by Gasteiger charge is -2.38. The van der Waals surface area contributed by atoms with Crippen LogP contribution in [0.4, 0.5) is 0 Å². The Kier molecular flexibility index (Phi) is 2.61. The first-order valence-corrected chi connectivity index (χ1v) is 5.02. The largest absolute Gasteiger partial charge is 0.0622 e.